The van der Waals surface area contributed by atoms with E-state index in [1.165, 1.54) is 19.3 Å². The lowest BCUT2D eigenvalue weighted by atomic mass is 10.0. The molecule has 2 heterocycles. The van der Waals surface area contributed by atoms with Crippen LogP contribution in [0.2, 0.25) is 0 Å². The van der Waals surface area contributed by atoms with Crippen molar-refractivity contribution in [1.82, 2.24) is 9.55 Å². The van der Waals surface area contributed by atoms with Gasteiger partial charge >= 0.3 is 0 Å². The zero-order valence-corrected chi connectivity index (χ0v) is 15.1. The molecule has 3 aromatic rings. The van der Waals surface area contributed by atoms with Gasteiger partial charge in [0.2, 0.25) is 0 Å². The highest BCUT2D eigenvalue weighted by Gasteiger charge is 2.20. The zero-order chi connectivity index (χ0) is 17.6. The van der Waals surface area contributed by atoms with Crippen molar-refractivity contribution >= 4 is 21.7 Å². The average Bonchev–Trinajstić information content (AvgIpc) is 3.41. The van der Waals surface area contributed by atoms with E-state index < -0.39 is 0 Å². The largest absolute Gasteiger partial charge is 0.493 e. The average molecular weight is 336 g/mol. The smallest absolute Gasteiger partial charge is 0.260 e. The van der Waals surface area contributed by atoms with Crippen molar-refractivity contribution in [1.29, 1.82) is 0 Å². The second kappa shape index (κ2) is 6.17. The van der Waals surface area contributed by atoms with Gasteiger partial charge in [0.05, 0.1) is 23.2 Å². The number of ether oxygens (including phenoxy) is 1. The topological polar surface area (TPSA) is 44.1 Å². The number of nitrogens with zero attached hydrogens (tertiary/aromatic N) is 2. The summed E-state index contributed by atoms with van der Waals surface area (Å²) in [5.41, 5.74) is 2.79. The lowest BCUT2D eigenvalue weighted by molar-refractivity contribution is 0.302. The first-order valence-corrected chi connectivity index (χ1v) is 9.07. The van der Waals surface area contributed by atoms with Crippen LogP contribution in [0.25, 0.3) is 21.7 Å². The summed E-state index contributed by atoms with van der Waals surface area (Å²) in [7, 11) is 1.82. The summed E-state index contributed by atoms with van der Waals surface area (Å²) in [4.78, 5) is 17.1. The van der Waals surface area contributed by atoms with E-state index >= 15 is 0 Å². The Kier molecular flexibility index (Phi) is 3.98. The number of aromatic nitrogens is 2. The fourth-order valence-corrected chi connectivity index (χ4v) is 3.62. The second-order valence-electron chi connectivity index (χ2n) is 7.25. The molecular weight excluding hydrogens is 312 g/mol. The van der Waals surface area contributed by atoms with Gasteiger partial charge in [0.15, 0.2) is 0 Å². The molecule has 0 radical (unpaired) electrons. The summed E-state index contributed by atoms with van der Waals surface area (Å²) in [5.74, 6) is 1.81. The van der Waals surface area contributed by atoms with E-state index in [1.807, 2.05) is 26.1 Å². The molecule has 130 valence electrons. The minimum atomic E-state index is -0.00311. The first kappa shape index (κ1) is 16.1. The van der Waals surface area contributed by atoms with Crippen molar-refractivity contribution in [2.24, 2.45) is 13.0 Å². The molecule has 0 N–H and O–H groups in total. The fourth-order valence-electron chi connectivity index (χ4n) is 3.62. The Morgan fingerprint density at radius 3 is 2.80 bits per heavy atom. The third-order valence-corrected chi connectivity index (χ3v) is 5.32. The summed E-state index contributed by atoms with van der Waals surface area (Å²) < 4.78 is 7.74. The second-order valence-corrected chi connectivity index (χ2v) is 7.25. The predicted molar refractivity (Wildman–Crippen MR) is 101 cm³/mol. The maximum atomic E-state index is 12.8. The first-order chi connectivity index (χ1) is 12.1. The van der Waals surface area contributed by atoms with Gasteiger partial charge in [0.1, 0.15) is 5.75 Å². The number of pyridine rings is 2. The number of rotatable bonds is 5. The summed E-state index contributed by atoms with van der Waals surface area (Å²) >= 11 is 0. The molecule has 0 amide bonds. The van der Waals surface area contributed by atoms with Crippen LogP contribution in [0.4, 0.5) is 0 Å². The van der Waals surface area contributed by atoms with E-state index in [-0.39, 0.29) is 5.56 Å². The Labute approximate surface area is 147 Å². The van der Waals surface area contributed by atoms with Crippen molar-refractivity contribution < 1.29 is 4.74 Å². The minimum absolute atomic E-state index is 0.00311. The molecule has 1 aromatic carbocycles. The number of aryl methyl sites for hydroxylation is 3. The third-order valence-electron chi connectivity index (χ3n) is 5.32. The van der Waals surface area contributed by atoms with E-state index in [0.29, 0.717) is 5.39 Å². The summed E-state index contributed by atoms with van der Waals surface area (Å²) in [5, 5.41) is 2.74. The molecule has 0 unspecified atom stereocenters. The van der Waals surface area contributed by atoms with Gasteiger partial charge in [-0.1, -0.05) is 12.8 Å². The summed E-state index contributed by atoms with van der Waals surface area (Å²) in [6.45, 7) is 4.70. The molecule has 1 saturated carbocycles. The number of hydrogen-bond donors (Lipinski definition) is 0. The Balaban J connectivity index is 1.78. The van der Waals surface area contributed by atoms with Crippen LogP contribution in [0.15, 0.2) is 29.2 Å². The molecule has 0 spiro atoms. The molecule has 2 aromatic heterocycles. The van der Waals surface area contributed by atoms with Gasteiger partial charge in [-0.15, -0.1) is 0 Å². The normalized spacial score (nSPS) is 14.4. The molecule has 25 heavy (non-hydrogen) atoms. The van der Waals surface area contributed by atoms with Gasteiger partial charge in [-0.2, -0.15) is 0 Å². The summed E-state index contributed by atoms with van der Waals surface area (Å²) in [6.07, 6.45) is 6.91. The molecule has 0 aliphatic heterocycles. The lowest BCUT2D eigenvalue weighted by Gasteiger charge is -2.15. The Morgan fingerprint density at radius 1 is 1.24 bits per heavy atom. The SMILES string of the molecule is Cc1cc2c3ccnc(C)c3c(=O)n(C)c2cc1OCCCC1CC1. The fraction of sp³-hybridized carbons (Fsp3) is 0.429. The van der Waals surface area contributed by atoms with E-state index in [4.69, 9.17) is 4.74 Å². The van der Waals surface area contributed by atoms with Crippen LogP contribution in [-0.2, 0) is 7.05 Å². The molecule has 1 aliphatic carbocycles. The Bertz CT molecular complexity index is 1020. The van der Waals surface area contributed by atoms with Crippen molar-refractivity contribution in [3.63, 3.8) is 0 Å². The molecule has 0 bridgehead atoms. The lowest BCUT2D eigenvalue weighted by Crippen LogP contribution is -2.18. The van der Waals surface area contributed by atoms with Gasteiger partial charge in [0, 0.05) is 24.7 Å². The molecule has 4 nitrogen and oxygen atoms in total. The molecule has 1 aliphatic rings. The predicted octanol–water partition coefficient (Wildman–Crippen LogP) is 4.27. The maximum Gasteiger partial charge on any atom is 0.260 e. The van der Waals surface area contributed by atoms with Crippen molar-refractivity contribution in [2.75, 3.05) is 6.61 Å². The first-order valence-electron chi connectivity index (χ1n) is 9.07. The minimum Gasteiger partial charge on any atom is -0.493 e. The highest BCUT2D eigenvalue weighted by atomic mass is 16.5. The van der Waals surface area contributed by atoms with Crippen molar-refractivity contribution in [3.05, 3.63) is 46.0 Å². The van der Waals surface area contributed by atoms with Gasteiger partial charge < -0.3 is 9.30 Å². The quantitative estimate of drug-likeness (QED) is 0.516. The third kappa shape index (κ3) is 2.90. The summed E-state index contributed by atoms with van der Waals surface area (Å²) in [6, 6.07) is 6.08. The maximum absolute atomic E-state index is 12.8. The van der Waals surface area contributed by atoms with Crippen LogP contribution >= 0.6 is 0 Å². The van der Waals surface area contributed by atoms with E-state index in [2.05, 4.69) is 18.0 Å². The van der Waals surface area contributed by atoms with Crippen LogP contribution in [0.1, 0.15) is 36.9 Å². The van der Waals surface area contributed by atoms with Crippen molar-refractivity contribution in [3.8, 4) is 5.75 Å². The molecule has 4 heteroatoms. The molecule has 0 saturated heterocycles. The highest BCUT2D eigenvalue weighted by Crippen LogP contribution is 2.34. The van der Waals surface area contributed by atoms with Crippen LogP contribution in [0, 0.1) is 19.8 Å². The van der Waals surface area contributed by atoms with Crippen LogP contribution in [-0.4, -0.2) is 16.2 Å². The van der Waals surface area contributed by atoms with Crippen LogP contribution < -0.4 is 10.3 Å². The molecule has 1 fully saturated rings. The molecular formula is C21H24N2O2. The number of hydrogen-bond acceptors (Lipinski definition) is 3. The number of fused-ring (bicyclic) bond motifs is 3. The van der Waals surface area contributed by atoms with E-state index in [0.717, 1.165) is 52.2 Å². The molecule has 0 atom stereocenters. The van der Waals surface area contributed by atoms with Gasteiger partial charge in [-0.25, -0.2) is 0 Å². The van der Waals surface area contributed by atoms with Crippen LogP contribution in [0.3, 0.4) is 0 Å². The van der Waals surface area contributed by atoms with Gasteiger partial charge in [-0.05, 0) is 55.7 Å². The Morgan fingerprint density at radius 2 is 2.04 bits per heavy atom. The van der Waals surface area contributed by atoms with Crippen LogP contribution in [0.5, 0.6) is 5.75 Å². The molecule has 4 rings (SSSR count). The Hall–Kier alpha value is -2.36. The van der Waals surface area contributed by atoms with Gasteiger partial charge in [-0.3, -0.25) is 9.78 Å². The van der Waals surface area contributed by atoms with Crippen molar-refractivity contribution in [2.45, 2.75) is 39.5 Å². The van der Waals surface area contributed by atoms with Gasteiger partial charge in [0.25, 0.3) is 5.56 Å². The standard InChI is InChI=1S/C21H24N2O2/c1-13-11-17-16-8-9-22-14(2)20(16)21(24)23(3)18(17)12-19(13)25-10-4-5-15-6-7-15/h8-9,11-12,15H,4-7,10H2,1-3H3. The highest BCUT2D eigenvalue weighted by molar-refractivity contribution is 6.06. The zero-order valence-electron chi connectivity index (χ0n) is 15.1. The monoisotopic (exact) mass is 336 g/mol. The number of benzene rings is 1. The van der Waals surface area contributed by atoms with E-state index in [9.17, 15) is 4.79 Å². The van der Waals surface area contributed by atoms with E-state index in [1.54, 1.807) is 10.8 Å².